The fourth-order valence-corrected chi connectivity index (χ4v) is 3.86. The van der Waals surface area contributed by atoms with Crippen molar-refractivity contribution < 1.29 is 13.9 Å². The molecule has 2 aromatic rings. The second kappa shape index (κ2) is 11.1. The van der Waals surface area contributed by atoms with Gasteiger partial charge in [-0.05, 0) is 37.5 Å². The van der Waals surface area contributed by atoms with Crippen LogP contribution in [0.3, 0.4) is 0 Å². The van der Waals surface area contributed by atoms with E-state index in [1.54, 1.807) is 6.20 Å². The number of allylic oxidation sites excluding steroid dienone is 3. The van der Waals surface area contributed by atoms with Crippen LogP contribution >= 0.6 is 11.6 Å². The van der Waals surface area contributed by atoms with E-state index in [1.807, 2.05) is 12.1 Å². The van der Waals surface area contributed by atoms with Crippen LogP contribution < -0.4 is 26.0 Å². The molecule has 1 fully saturated rings. The lowest BCUT2D eigenvalue weighted by atomic mass is 9.98. The van der Waals surface area contributed by atoms with E-state index in [4.69, 9.17) is 16.3 Å². The summed E-state index contributed by atoms with van der Waals surface area (Å²) in [6.07, 6.45) is 8.69. The van der Waals surface area contributed by atoms with E-state index in [1.165, 1.54) is 23.5 Å². The van der Waals surface area contributed by atoms with Crippen molar-refractivity contribution in [2.24, 2.45) is 0 Å². The number of carbonyl (C=O) groups is 1. The van der Waals surface area contributed by atoms with Gasteiger partial charge in [0.1, 0.15) is 17.4 Å². The molecule has 34 heavy (non-hydrogen) atoms. The van der Waals surface area contributed by atoms with Gasteiger partial charge in [-0.2, -0.15) is 0 Å². The highest BCUT2D eigenvalue weighted by Crippen LogP contribution is 2.28. The van der Waals surface area contributed by atoms with Gasteiger partial charge in [0.2, 0.25) is 0 Å². The first-order valence-corrected chi connectivity index (χ1v) is 11.5. The third-order valence-electron chi connectivity index (χ3n) is 5.47. The number of piperidine rings is 1. The number of dihydropyridines is 1. The number of benzene rings is 1. The summed E-state index contributed by atoms with van der Waals surface area (Å²) >= 11 is 5.63. The summed E-state index contributed by atoms with van der Waals surface area (Å²) in [4.78, 5) is 16.4. The first kappa shape index (κ1) is 23.6. The molecule has 9 heteroatoms. The van der Waals surface area contributed by atoms with Gasteiger partial charge in [0.25, 0.3) is 5.91 Å². The van der Waals surface area contributed by atoms with Gasteiger partial charge in [-0.3, -0.25) is 4.79 Å². The molecule has 0 radical (unpaired) electrons. The number of rotatable bonds is 10. The van der Waals surface area contributed by atoms with E-state index in [0.717, 1.165) is 54.6 Å². The van der Waals surface area contributed by atoms with Crippen LogP contribution in [-0.4, -0.2) is 24.0 Å². The fourth-order valence-electron chi connectivity index (χ4n) is 3.75. The van der Waals surface area contributed by atoms with E-state index in [2.05, 4.69) is 38.9 Å². The molecule has 0 spiro atoms. The van der Waals surface area contributed by atoms with Crippen molar-refractivity contribution in [1.29, 1.82) is 0 Å². The second-order valence-electron chi connectivity index (χ2n) is 8.12. The first-order chi connectivity index (χ1) is 16.5. The average Bonchev–Trinajstić information content (AvgIpc) is 2.82. The minimum atomic E-state index is -0.593. The lowest BCUT2D eigenvalue weighted by Gasteiger charge is -2.28. The van der Waals surface area contributed by atoms with Crippen molar-refractivity contribution in [1.82, 2.24) is 15.6 Å². The number of amides is 1. The molecule has 0 unspecified atom stereocenters. The third-order valence-corrected chi connectivity index (χ3v) is 5.78. The minimum Gasteiger partial charge on any atom is -0.484 e. The molecule has 7 nitrogen and oxygen atoms in total. The zero-order valence-corrected chi connectivity index (χ0v) is 19.5. The highest BCUT2D eigenvalue weighted by Gasteiger charge is 2.18. The predicted octanol–water partition coefficient (Wildman–Crippen LogP) is 5.07. The van der Waals surface area contributed by atoms with Crippen LogP contribution in [0.15, 0.2) is 72.0 Å². The second-order valence-corrected chi connectivity index (χ2v) is 8.52. The van der Waals surface area contributed by atoms with Gasteiger partial charge in [-0.1, -0.05) is 24.3 Å². The quantitative estimate of drug-likeness (QED) is 0.377. The molecular formula is C25H27ClFN5O2. The summed E-state index contributed by atoms with van der Waals surface area (Å²) in [5.41, 5.74) is 5.31. The van der Waals surface area contributed by atoms with Gasteiger partial charge in [0.05, 0.1) is 5.02 Å². The van der Waals surface area contributed by atoms with Gasteiger partial charge in [0, 0.05) is 66.2 Å². The first-order valence-electron chi connectivity index (χ1n) is 11.2. The fraction of sp³-hybridized carbons (Fsp3) is 0.280. The van der Waals surface area contributed by atoms with Crippen LogP contribution in [0.2, 0.25) is 5.02 Å². The number of ether oxygens (including phenoxy) is 1. The number of nitrogens with one attached hydrogen (secondary N) is 4. The monoisotopic (exact) mass is 483 g/mol. The number of halogens is 2. The van der Waals surface area contributed by atoms with Gasteiger partial charge in [-0.15, -0.1) is 0 Å². The number of hydrogen-bond donors (Lipinski definition) is 4. The standard InChI is InChI=1S/C25H27ClFN5O2/c1-16(9-11-29-25(33)15-34-19-6-7-20(26)21(27)14-19)30-18-10-12-28-24(13-18)32-23-8-5-17-3-2-4-22(23)31-17/h5-7,10,12-14,31H,1-4,8-9,11,15H2,(H,29,33)(H2,28,30,32). The van der Waals surface area contributed by atoms with Crippen molar-refractivity contribution in [2.45, 2.75) is 32.1 Å². The maximum atomic E-state index is 13.4. The number of fused-ring (bicyclic) bond motifs is 2. The smallest absolute Gasteiger partial charge is 0.257 e. The number of anilines is 2. The maximum absolute atomic E-state index is 13.4. The molecule has 1 amide bonds. The Hall–Kier alpha value is -3.52. The Morgan fingerprint density at radius 3 is 3.00 bits per heavy atom. The van der Waals surface area contributed by atoms with E-state index in [-0.39, 0.29) is 23.3 Å². The predicted molar refractivity (Wildman–Crippen MR) is 132 cm³/mol. The molecule has 3 heterocycles. The Balaban J connectivity index is 1.20. The van der Waals surface area contributed by atoms with E-state index in [0.29, 0.717) is 13.0 Å². The maximum Gasteiger partial charge on any atom is 0.257 e. The van der Waals surface area contributed by atoms with Gasteiger partial charge < -0.3 is 26.0 Å². The van der Waals surface area contributed by atoms with E-state index >= 15 is 0 Å². The molecule has 0 saturated carbocycles. The summed E-state index contributed by atoms with van der Waals surface area (Å²) in [6.45, 7) is 4.20. The molecule has 1 aromatic carbocycles. The average molecular weight is 484 g/mol. The van der Waals surface area contributed by atoms with Crippen molar-refractivity contribution in [3.05, 3.63) is 82.8 Å². The third kappa shape index (κ3) is 6.51. The van der Waals surface area contributed by atoms with Crippen molar-refractivity contribution in [3.63, 3.8) is 0 Å². The number of carbonyl (C=O) groups excluding carboxylic acids is 1. The van der Waals surface area contributed by atoms with Crippen LogP contribution in [0, 0.1) is 5.82 Å². The zero-order chi connectivity index (χ0) is 23.9. The summed E-state index contributed by atoms with van der Waals surface area (Å²) in [5.74, 6) is 0.0950. The lowest BCUT2D eigenvalue weighted by Crippen LogP contribution is -2.30. The molecule has 178 valence electrons. The van der Waals surface area contributed by atoms with E-state index < -0.39 is 5.82 Å². The number of nitrogens with zero attached hydrogens (tertiary/aromatic N) is 1. The van der Waals surface area contributed by atoms with Crippen LogP contribution in [0.1, 0.15) is 32.1 Å². The Bertz CT molecular complexity index is 1150. The summed E-state index contributed by atoms with van der Waals surface area (Å²) in [5, 5.41) is 12.9. The van der Waals surface area contributed by atoms with Gasteiger partial charge in [0.15, 0.2) is 6.61 Å². The number of pyridine rings is 1. The van der Waals surface area contributed by atoms with Crippen LogP contribution in [0.5, 0.6) is 5.75 Å². The molecule has 1 aromatic heterocycles. The Kier molecular flexibility index (Phi) is 7.69. The Morgan fingerprint density at radius 2 is 2.15 bits per heavy atom. The van der Waals surface area contributed by atoms with Crippen LogP contribution in [-0.2, 0) is 4.79 Å². The number of aromatic nitrogens is 1. The summed E-state index contributed by atoms with van der Waals surface area (Å²) in [7, 11) is 0. The Morgan fingerprint density at radius 1 is 1.26 bits per heavy atom. The van der Waals surface area contributed by atoms with Crippen LogP contribution in [0.4, 0.5) is 15.9 Å². The van der Waals surface area contributed by atoms with E-state index in [9.17, 15) is 9.18 Å². The largest absolute Gasteiger partial charge is 0.484 e. The molecule has 2 aliphatic rings. The molecule has 4 N–H and O–H groups in total. The highest BCUT2D eigenvalue weighted by atomic mass is 35.5. The lowest BCUT2D eigenvalue weighted by molar-refractivity contribution is -0.123. The molecule has 1 saturated heterocycles. The minimum absolute atomic E-state index is 0.00326. The van der Waals surface area contributed by atoms with Crippen molar-refractivity contribution in [2.75, 3.05) is 23.8 Å². The molecule has 0 atom stereocenters. The highest BCUT2D eigenvalue weighted by molar-refractivity contribution is 6.30. The summed E-state index contributed by atoms with van der Waals surface area (Å²) in [6, 6.07) is 7.83. The van der Waals surface area contributed by atoms with Gasteiger partial charge in [-0.25, -0.2) is 9.37 Å². The Labute approximate surface area is 203 Å². The topological polar surface area (TPSA) is 87.3 Å². The van der Waals surface area contributed by atoms with Crippen molar-refractivity contribution >= 4 is 29.0 Å². The molecular weight excluding hydrogens is 457 g/mol. The van der Waals surface area contributed by atoms with Gasteiger partial charge >= 0.3 is 0 Å². The zero-order valence-electron chi connectivity index (χ0n) is 18.7. The number of hydrogen-bond acceptors (Lipinski definition) is 6. The molecule has 2 aliphatic heterocycles. The molecule has 0 aliphatic carbocycles. The normalized spacial score (nSPS) is 14.6. The SMILES string of the molecule is C=C(CCNC(=O)COc1ccc(Cl)c(F)c1)Nc1ccnc(NC2=C3CCCC(=CC2)N3)c1. The molecule has 4 rings (SSSR count). The van der Waals surface area contributed by atoms with Crippen molar-refractivity contribution in [3.8, 4) is 5.75 Å². The van der Waals surface area contributed by atoms with Crippen LogP contribution in [0.25, 0.3) is 0 Å². The summed E-state index contributed by atoms with van der Waals surface area (Å²) < 4.78 is 18.7. The molecule has 2 bridgehead atoms.